The van der Waals surface area contributed by atoms with Crippen LogP contribution >= 0.6 is 0 Å². The molecule has 0 aromatic heterocycles. The van der Waals surface area contributed by atoms with Gasteiger partial charge in [-0.2, -0.15) is 0 Å². The molecule has 0 saturated heterocycles. The van der Waals surface area contributed by atoms with E-state index in [2.05, 4.69) is 19.2 Å². The molecule has 0 bridgehead atoms. The van der Waals surface area contributed by atoms with E-state index in [1.807, 2.05) is 6.92 Å². The average molecular weight is 213 g/mol. The van der Waals surface area contributed by atoms with Crippen molar-refractivity contribution in [1.29, 1.82) is 0 Å². The molecule has 3 nitrogen and oxygen atoms in total. The van der Waals surface area contributed by atoms with Gasteiger partial charge in [-0.25, -0.2) is 0 Å². The van der Waals surface area contributed by atoms with E-state index >= 15 is 0 Å². The fourth-order valence-corrected chi connectivity index (χ4v) is 1.73. The van der Waals surface area contributed by atoms with Gasteiger partial charge in [0.2, 0.25) is 0 Å². The third-order valence-corrected chi connectivity index (χ3v) is 2.79. The van der Waals surface area contributed by atoms with Crippen LogP contribution in [0.2, 0.25) is 0 Å². The van der Waals surface area contributed by atoms with Crippen LogP contribution in [0.4, 0.5) is 0 Å². The summed E-state index contributed by atoms with van der Waals surface area (Å²) in [5.41, 5.74) is 0.307. The van der Waals surface area contributed by atoms with Gasteiger partial charge < -0.3 is 15.2 Å². The molecule has 1 rings (SSSR count). The van der Waals surface area contributed by atoms with Gasteiger partial charge in [0.05, 0.1) is 18.5 Å². The van der Waals surface area contributed by atoms with Crippen molar-refractivity contribution in [3.8, 4) is 0 Å². The van der Waals surface area contributed by atoms with Gasteiger partial charge in [-0.05, 0) is 38.3 Å². The average Bonchev–Trinajstić information content (AvgIpc) is 2.18. The van der Waals surface area contributed by atoms with E-state index in [4.69, 9.17) is 4.74 Å². The van der Waals surface area contributed by atoms with E-state index in [1.165, 1.54) is 0 Å². The summed E-state index contributed by atoms with van der Waals surface area (Å²) in [4.78, 5) is 0. The largest absolute Gasteiger partial charge is 0.501 e. The van der Waals surface area contributed by atoms with E-state index in [9.17, 15) is 5.11 Å². The first-order valence-corrected chi connectivity index (χ1v) is 5.79. The number of hydrogen-bond acceptors (Lipinski definition) is 3. The van der Waals surface area contributed by atoms with E-state index in [-0.39, 0.29) is 0 Å². The molecule has 88 valence electrons. The van der Waals surface area contributed by atoms with Crippen molar-refractivity contribution in [2.24, 2.45) is 0 Å². The second kappa shape index (κ2) is 5.52. The van der Waals surface area contributed by atoms with Crippen molar-refractivity contribution in [2.45, 2.75) is 51.7 Å². The monoisotopic (exact) mass is 213 g/mol. The Labute approximate surface area is 92.5 Å². The van der Waals surface area contributed by atoms with Crippen LogP contribution in [0.3, 0.4) is 0 Å². The second-order valence-corrected chi connectivity index (χ2v) is 4.75. The lowest BCUT2D eigenvalue weighted by Crippen LogP contribution is -2.35. The van der Waals surface area contributed by atoms with Crippen LogP contribution in [0.15, 0.2) is 11.8 Å². The quantitative estimate of drug-likeness (QED) is 0.732. The first kappa shape index (κ1) is 12.5. The van der Waals surface area contributed by atoms with Crippen LogP contribution in [-0.4, -0.2) is 29.9 Å². The Hall–Kier alpha value is -0.540. The number of nitrogens with one attached hydrogen (secondary N) is 1. The lowest BCUT2D eigenvalue weighted by molar-refractivity contribution is 0.0715. The van der Waals surface area contributed by atoms with Crippen molar-refractivity contribution >= 4 is 0 Å². The van der Waals surface area contributed by atoms with Crippen LogP contribution in [0.25, 0.3) is 0 Å². The molecule has 0 radical (unpaired) electrons. The normalized spacial score (nSPS) is 20.7. The van der Waals surface area contributed by atoms with Crippen LogP contribution in [-0.2, 0) is 4.74 Å². The minimum atomic E-state index is -0.720. The van der Waals surface area contributed by atoms with Crippen molar-refractivity contribution < 1.29 is 9.84 Å². The summed E-state index contributed by atoms with van der Waals surface area (Å²) < 4.78 is 5.25. The molecule has 1 atom stereocenters. The minimum absolute atomic E-state index is 0.470. The Morgan fingerprint density at radius 2 is 2.33 bits per heavy atom. The highest BCUT2D eigenvalue weighted by Crippen LogP contribution is 2.26. The van der Waals surface area contributed by atoms with E-state index < -0.39 is 5.60 Å². The van der Waals surface area contributed by atoms with Gasteiger partial charge in [-0.1, -0.05) is 13.8 Å². The molecule has 3 heteroatoms. The number of aliphatic hydroxyl groups is 1. The van der Waals surface area contributed by atoms with Gasteiger partial charge in [0.1, 0.15) is 0 Å². The molecule has 0 aromatic carbocycles. The zero-order chi connectivity index (χ0) is 11.3. The van der Waals surface area contributed by atoms with Gasteiger partial charge in [0, 0.05) is 6.04 Å². The van der Waals surface area contributed by atoms with Crippen LogP contribution in [0.5, 0.6) is 0 Å². The topological polar surface area (TPSA) is 41.5 Å². The van der Waals surface area contributed by atoms with E-state index in [0.29, 0.717) is 6.04 Å². The molecule has 1 aliphatic rings. The summed E-state index contributed by atoms with van der Waals surface area (Å²) in [5.74, 6) is 0. The highest BCUT2D eigenvalue weighted by molar-refractivity contribution is 5.14. The van der Waals surface area contributed by atoms with Crippen LogP contribution < -0.4 is 5.32 Å². The third kappa shape index (κ3) is 4.22. The molecule has 0 amide bonds. The van der Waals surface area contributed by atoms with Gasteiger partial charge in [0.15, 0.2) is 0 Å². The molecule has 1 heterocycles. The molecule has 15 heavy (non-hydrogen) atoms. The zero-order valence-corrected chi connectivity index (χ0v) is 10.0. The molecule has 1 aliphatic heterocycles. The van der Waals surface area contributed by atoms with Gasteiger partial charge in [-0.3, -0.25) is 0 Å². The molecule has 0 aliphatic carbocycles. The molecule has 0 aromatic rings. The third-order valence-electron chi connectivity index (χ3n) is 2.79. The van der Waals surface area contributed by atoms with Gasteiger partial charge in [-0.15, -0.1) is 0 Å². The maximum atomic E-state index is 10.3. The number of rotatable bonds is 5. The Balaban J connectivity index is 2.39. The molecular formula is C12H23NO2. The number of ether oxygens (including phenoxy) is 1. The lowest BCUT2D eigenvalue weighted by Gasteiger charge is -2.29. The van der Waals surface area contributed by atoms with E-state index in [0.717, 1.165) is 38.0 Å². The van der Waals surface area contributed by atoms with Crippen LogP contribution in [0.1, 0.15) is 40.0 Å². The van der Waals surface area contributed by atoms with Gasteiger partial charge in [0.25, 0.3) is 0 Å². The first-order valence-electron chi connectivity index (χ1n) is 5.79. The molecule has 1 unspecified atom stereocenters. The van der Waals surface area contributed by atoms with Crippen molar-refractivity contribution in [3.05, 3.63) is 11.8 Å². The maximum absolute atomic E-state index is 10.3. The summed E-state index contributed by atoms with van der Waals surface area (Å²) in [5, 5.41) is 13.6. The van der Waals surface area contributed by atoms with E-state index in [1.54, 1.807) is 6.26 Å². The Morgan fingerprint density at radius 1 is 1.60 bits per heavy atom. The lowest BCUT2D eigenvalue weighted by atomic mass is 9.89. The fraction of sp³-hybridized carbons (Fsp3) is 0.833. The minimum Gasteiger partial charge on any atom is -0.501 e. The maximum Gasteiger partial charge on any atom is 0.0876 e. The highest BCUT2D eigenvalue weighted by Gasteiger charge is 2.26. The molecule has 0 spiro atoms. The standard InChI is InChI=1S/C12H23NO2/c1-10(2)13-7-6-12(3,14)11-5-4-8-15-9-11/h9-10,13-14H,4-8H2,1-3H3. The molecular weight excluding hydrogens is 190 g/mol. The summed E-state index contributed by atoms with van der Waals surface area (Å²) >= 11 is 0. The smallest absolute Gasteiger partial charge is 0.0876 e. The van der Waals surface area contributed by atoms with Crippen molar-refractivity contribution in [3.63, 3.8) is 0 Å². The molecule has 0 fully saturated rings. The predicted molar refractivity (Wildman–Crippen MR) is 61.6 cm³/mol. The molecule has 2 N–H and O–H groups in total. The zero-order valence-electron chi connectivity index (χ0n) is 10.0. The Bertz CT molecular complexity index is 222. The van der Waals surface area contributed by atoms with Gasteiger partial charge >= 0.3 is 0 Å². The number of hydrogen-bond donors (Lipinski definition) is 2. The molecule has 0 saturated carbocycles. The summed E-state index contributed by atoms with van der Waals surface area (Å²) in [6.07, 6.45) is 4.44. The second-order valence-electron chi connectivity index (χ2n) is 4.75. The summed E-state index contributed by atoms with van der Waals surface area (Å²) in [7, 11) is 0. The predicted octanol–water partition coefficient (Wildman–Crippen LogP) is 1.82. The summed E-state index contributed by atoms with van der Waals surface area (Å²) in [6, 6.07) is 0.470. The Morgan fingerprint density at radius 3 is 2.87 bits per heavy atom. The summed E-state index contributed by atoms with van der Waals surface area (Å²) in [6.45, 7) is 7.71. The fourth-order valence-electron chi connectivity index (χ4n) is 1.73. The van der Waals surface area contributed by atoms with Crippen molar-refractivity contribution in [1.82, 2.24) is 5.32 Å². The van der Waals surface area contributed by atoms with Crippen LogP contribution in [0, 0.1) is 0 Å². The first-order chi connectivity index (χ1) is 7.02. The Kier molecular flexibility index (Phi) is 4.61. The van der Waals surface area contributed by atoms with Crippen molar-refractivity contribution in [2.75, 3.05) is 13.2 Å². The highest BCUT2D eigenvalue weighted by atomic mass is 16.5. The SMILES string of the molecule is CC(C)NCCC(C)(O)C1=COCCC1.